The van der Waals surface area contributed by atoms with Crippen LogP contribution < -0.4 is 5.32 Å². The third-order valence-electron chi connectivity index (χ3n) is 3.15. The summed E-state index contributed by atoms with van der Waals surface area (Å²) in [7, 11) is 0. The van der Waals surface area contributed by atoms with Gasteiger partial charge < -0.3 is 10.4 Å². The maximum absolute atomic E-state index is 9.95. The number of rotatable bonds is 7. The number of aryl methyl sites for hydroxylation is 1. The minimum Gasteiger partial charge on any atom is -0.394 e. The van der Waals surface area contributed by atoms with E-state index in [-0.39, 0.29) is 6.61 Å². The fourth-order valence-electron chi connectivity index (χ4n) is 2.11. The number of hydrogen-bond donors (Lipinski definition) is 2. The summed E-state index contributed by atoms with van der Waals surface area (Å²) in [6.45, 7) is 4.95. The van der Waals surface area contributed by atoms with Crippen LogP contribution in [0.1, 0.15) is 18.2 Å². The number of likely N-dealkylation sites (N-methyl/N-ethyl adjacent to an activating group) is 1. The normalized spacial score (nSPS) is 14.2. The predicted molar refractivity (Wildman–Crippen MR) is 86.5 cm³/mol. The van der Waals surface area contributed by atoms with Gasteiger partial charge >= 0.3 is 0 Å². The third kappa shape index (κ3) is 3.61. The van der Waals surface area contributed by atoms with Crippen LogP contribution in [-0.4, -0.2) is 29.0 Å². The topological polar surface area (TPSA) is 45.1 Å². The Morgan fingerprint density at radius 3 is 2.65 bits per heavy atom. The fourth-order valence-corrected chi connectivity index (χ4v) is 4.16. The molecule has 2 rings (SSSR count). The van der Waals surface area contributed by atoms with Gasteiger partial charge in [-0.1, -0.05) is 49.0 Å². The highest BCUT2D eigenvalue weighted by molar-refractivity contribution is 8.01. The van der Waals surface area contributed by atoms with E-state index in [1.54, 1.807) is 23.1 Å². The van der Waals surface area contributed by atoms with Gasteiger partial charge in [0.05, 0.1) is 12.1 Å². The molecule has 5 heteroatoms. The van der Waals surface area contributed by atoms with E-state index in [0.717, 1.165) is 27.9 Å². The van der Waals surface area contributed by atoms with E-state index in [0.29, 0.717) is 0 Å². The number of aliphatic hydroxyl groups excluding tert-OH is 1. The molecular formula is C15H20N2OS2. The highest BCUT2D eigenvalue weighted by Crippen LogP contribution is 2.31. The Morgan fingerprint density at radius 1 is 1.35 bits per heavy atom. The van der Waals surface area contributed by atoms with Crippen molar-refractivity contribution in [3.8, 4) is 0 Å². The first-order valence-corrected chi connectivity index (χ1v) is 8.53. The van der Waals surface area contributed by atoms with E-state index in [1.165, 1.54) is 0 Å². The van der Waals surface area contributed by atoms with E-state index < -0.39 is 5.54 Å². The van der Waals surface area contributed by atoms with E-state index in [9.17, 15) is 5.11 Å². The average molecular weight is 308 g/mol. The largest absolute Gasteiger partial charge is 0.394 e. The zero-order valence-electron chi connectivity index (χ0n) is 11.8. The molecule has 3 nitrogen and oxygen atoms in total. The molecule has 1 aromatic carbocycles. The van der Waals surface area contributed by atoms with Crippen molar-refractivity contribution in [2.45, 2.75) is 23.7 Å². The molecule has 1 heterocycles. The van der Waals surface area contributed by atoms with E-state index in [2.05, 4.69) is 34.7 Å². The first kappa shape index (κ1) is 15.5. The van der Waals surface area contributed by atoms with Crippen LogP contribution in [0, 0.1) is 6.92 Å². The fraction of sp³-hybridized carbons (Fsp3) is 0.400. The second-order valence-electron chi connectivity index (χ2n) is 4.68. The van der Waals surface area contributed by atoms with Crippen LogP contribution in [0.4, 0.5) is 0 Å². The van der Waals surface area contributed by atoms with Gasteiger partial charge in [0, 0.05) is 16.8 Å². The molecule has 0 saturated carbocycles. The number of benzene rings is 1. The SMILES string of the molecule is CCNC(CO)(CSc1nc(C)cs1)c1ccccc1. The number of nitrogens with zero attached hydrogens (tertiary/aromatic N) is 1. The van der Waals surface area contributed by atoms with Gasteiger partial charge in [-0.15, -0.1) is 11.3 Å². The van der Waals surface area contributed by atoms with Crippen LogP contribution in [-0.2, 0) is 5.54 Å². The van der Waals surface area contributed by atoms with Gasteiger partial charge in [-0.3, -0.25) is 0 Å². The van der Waals surface area contributed by atoms with Gasteiger partial charge in [0.1, 0.15) is 4.34 Å². The van der Waals surface area contributed by atoms with Crippen molar-refractivity contribution in [1.82, 2.24) is 10.3 Å². The molecule has 2 aromatic rings. The summed E-state index contributed by atoms with van der Waals surface area (Å²) in [6, 6.07) is 10.1. The summed E-state index contributed by atoms with van der Waals surface area (Å²) >= 11 is 3.35. The van der Waals surface area contributed by atoms with Crippen molar-refractivity contribution in [1.29, 1.82) is 0 Å². The zero-order chi connectivity index (χ0) is 14.4. The first-order valence-electron chi connectivity index (χ1n) is 6.66. The lowest BCUT2D eigenvalue weighted by molar-refractivity contribution is 0.181. The molecule has 20 heavy (non-hydrogen) atoms. The van der Waals surface area contributed by atoms with E-state index in [1.807, 2.05) is 25.1 Å². The maximum atomic E-state index is 9.95. The van der Waals surface area contributed by atoms with Crippen molar-refractivity contribution in [2.24, 2.45) is 0 Å². The highest BCUT2D eigenvalue weighted by atomic mass is 32.2. The minimum absolute atomic E-state index is 0.0716. The summed E-state index contributed by atoms with van der Waals surface area (Å²) in [5.74, 6) is 0.758. The molecular weight excluding hydrogens is 288 g/mol. The predicted octanol–water partition coefficient (Wildman–Crippen LogP) is 3.04. The molecule has 0 saturated heterocycles. The summed E-state index contributed by atoms with van der Waals surface area (Å²) < 4.78 is 1.05. The Morgan fingerprint density at radius 2 is 2.10 bits per heavy atom. The van der Waals surface area contributed by atoms with Crippen LogP contribution in [0.15, 0.2) is 40.1 Å². The van der Waals surface area contributed by atoms with Crippen molar-refractivity contribution in [3.63, 3.8) is 0 Å². The summed E-state index contributed by atoms with van der Waals surface area (Å²) in [6.07, 6.45) is 0. The van der Waals surface area contributed by atoms with Gasteiger partial charge in [-0.2, -0.15) is 0 Å². The lowest BCUT2D eigenvalue weighted by Gasteiger charge is -2.33. The number of thioether (sulfide) groups is 1. The number of aliphatic hydroxyl groups is 1. The molecule has 108 valence electrons. The van der Waals surface area contributed by atoms with Crippen molar-refractivity contribution in [2.75, 3.05) is 18.9 Å². The highest BCUT2D eigenvalue weighted by Gasteiger charge is 2.31. The molecule has 0 aliphatic heterocycles. The Labute approximate surface area is 128 Å². The Kier molecular flexibility index (Phi) is 5.60. The van der Waals surface area contributed by atoms with Gasteiger partial charge in [-0.05, 0) is 19.0 Å². The van der Waals surface area contributed by atoms with Gasteiger partial charge in [0.2, 0.25) is 0 Å². The Bertz CT molecular complexity index is 530. The summed E-state index contributed by atoms with van der Waals surface area (Å²) in [5, 5.41) is 15.5. The number of thiazole rings is 1. The second kappa shape index (κ2) is 7.22. The lowest BCUT2D eigenvalue weighted by atomic mass is 9.92. The van der Waals surface area contributed by atoms with Gasteiger partial charge in [-0.25, -0.2) is 4.98 Å². The van der Waals surface area contributed by atoms with Gasteiger partial charge in [0.15, 0.2) is 0 Å². The smallest absolute Gasteiger partial charge is 0.150 e. The molecule has 0 amide bonds. The number of nitrogens with one attached hydrogen (secondary N) is 1. The molecule has 0 spiro atoms. The molecule has 0 radical (unpaired) electrons. The van der Waals surface area contributed by atoms with Crippen molar-refractivity contribution < 1.29 is 5.11 Å². The Hall–Kier alpha value is -0.880. The molecule has 1 unspecified atom stereocenters. The standard InChI is InChI=1S/C15H20N2OS2/c1-3-16-15(10-18,13-7-5-4-6-8-13)11-20-14-17-12(2)9-19-14/h4-9,16,18H,3,10-11H2,1-2H3. The van der Waals surface area contributed by atoms with Crippen LogP contribution in [0.2, 0.25) is 0 Å². The quantitative estimate of drug-likeness (QED) is 0.772. The molecule has 0 aliphatic carbocycles. The minimum atomic E-state index is -0.416. The molecule has 0 fully saturated rings. The first-order chi connectivity index (χ1) is 9.70. The van der Waals surface area contributed by atoms with Crippen molar-refractivity contribution >= 4 is 23.1 Å². The Balaban J connectivity index is 2.18. The van der Waals surface area contributed by atoms with Crippen LogP contribution in [0.3, 0.4) is 0 Å². The maximum Gasteiger partial charge on any atom is 0.150 e. The third-order valence-corrected chi connectivity index (χ3v) is 5.52. The van der Waals surface area contributed by atoms with E-state index >= 15 is 0 Å². The van der Waals surface area contributed by atoms with Crippen LogP contribution >= 0.6 is 23.1 Å². The number of aromatic nitrogens is 1. The molecule has 1 aromatic heterocycles. The molecule has 0 bridgehead atoms. The zero-order valence-corrected chi connectivity index (χ0v) is 13.4. The monoisotopic (exact) mass is 308 g/mol. The molecule has 1 atom stereocenters. The van der Waals surface area contributed by atoms with Gasteiger partial charge in [0.25, 0.3) is 0 Å². The summed E-state index contributed by atoms with van der Waals surface area (Å²) in [5.41, 5.74) is 1.75. The molecule has 2 N–H and O–H groups in total. The van der Waals surface area contributed by atoms with E-state index in [4.69, 9.17) is 0 Å². The second-order valence-corrected chi connectivity index (χ2v) is 6.76. The average Bonchev–Trinajstić information content (AvgIpc) is 2.90. The van der Waals surface area contributed by atoms with Crippen LogP contribution in [0.5, 0.6) is 0 Å². The number of hydrogen-bond acceptors (Lipinski definition) is 5. The molecule has 0 aliphatic rings. The lowest BCUT2D eigenvalue weighted by Crippen LogP contribution is -2.47. The summed E-state index contributed by atoms with van der Waals surface area (Å²) in [4.78, 5) is 4.47. The van der Waals surface area contributed by atoms with Crippen molar-refractivity contribution in [3.05, 3.63) is 47.0 Å². The van der Waals surface area contributed by atoms with Crippen LogP contribution in [0.25, 0.3) is 0 Å².